The van der Waals surface area contributed by atoms with Gasteiger partial charge in [0.15, 0.2) is 0 Å². The Kier molecular flexibility index (Phi) is 3.15. The molecule has 2 rings (SSSR count). The lowest BCUT2D eigenvalue weighted by atomic mass is 10.2. The van der Waals surface area contributed by atoms with Crippen molar-refractivity contribution in [3.8, 4) is 11.6 Å². The Morgan fingerprint density at radius 2 is 2.18 bits per heavy atom. The Morgan fingerprint density at radius 3 is 2.88 bits per heavy atom. The van der Waals surface area contributed by atoms with E-state index in [0.717, 1.165) is 0 Å². The molecule has 0 amide bonds. The van der Waals surface area contributed by atoms with Crippen LogP contribution in [0.15, 0.2) is 30.5 Å². The number of benzene rings is 1. The fourth-order valence-corrected chi connectivity index (χ4v) is 1.27. The summed E-state index contributed by atoms with van der Waals surface area (Å²) >= 11 is 0. The van der Waals surface area contributed by atoms with Gasteiger partial charge in [-0.15, -0.1) is 0 Å². The maximum absolute atomic E-state index is 13.0. The van der Waals surface area contributed by atoms with Crippen molar-refractivity contribution in [2.45, 2.75) is 6.92 Å². The van der Waals surface area contributed by atoms with Gasteiger partial charge in [-0.3, -0.25) is 5.43 Å². The van der Waals surface area contributed by atoms with Crippen molar-refractivity contribution in [1.82, 2.24) is 9.97 Å². The van der Waals surface area contributed by atoms with Gasteiger partial charge >= 0.3 is 0 Å². The van der Waals surface area contributed by atoms with Crippen LogP contribution >= 0.6 is 0 Å². The molecule has 0 bridgehead atoms. The lowest BCUT2D eigenvalue weighted by molar-refractivity contribution is 0.460. The molecule has 0 unspecified atom stereocenters. The predicted octanol–water partition coefficient (Wildman–Crippen LogP) is 2.00. The van der Waals surface area contributed by atoms with Crippen molar-refractivity contribution in [1.29, 1.82) is 0 Å². The van der Waals surface area contributed by atoms with E-state index in [1.807, 2.05) is 0 Å². The van der Waals surface area contributed by atoms with Crippen molar-refractivity contribution in [3.05, 3.63) is 41.8 Å². The number of aromatic nitrogens is 2. The van der Waals surface area contributed by atoms with E-state index in [4.69, 9.17) is 10.6 Å². The SMILES string of the molecule is Cc1cc(Oc2ccnc(NN)n2)ccc1F. The number of nitrogens with one attached hydrogen (secondary N) is 1. The molecule has 0 spiro atoms. The molecule has 0 radical (unpaired) electrons. The Balaban J connectivity index is 2.22. The van der Waals surface area contributed by atoms with Crippen LogP contribution in [0.1, 0.15) is 5.56 Å². The summed E-state index contributed by atoms with van der Waals surface area (Å²) in [6.07, 6.45) is 1.51. The quantitative estimate of drug-likeness (QED) is 0.627. The summed E-state index contributed by atoms with van der Waals surface area (Å²) in [5.41, 5.74) is 2.82. The highest BCUT2D eigenvalue weighted by molar-refractivity contribution is 5.33. The lowest BCUT2D eigenvalue weighted by Gasteiger charge is -2.06. The second-order valence-corrected chi connectivity index (χ2v) is 3.38. The van der Waals surface area contributed by atoms with Gasteiger partial charge in [-0.05, 0) is 30.7 Å². The maximum Gasteiger partial charge on any atom is 0.240 e. The average Bonchev–Trinajstić information content (AvgIpc) is 2.34. The first-order valence-corrected chi connectivity index (χ1v) is 4.92. The number of hydrazine groups is 1. The third kappa shape index (κ3) is 2.67. The largest absolute Gasteiger partial charge is 0.439 e. The first-order chi connectivity index (χ1) is 8.19. The molecule has 0 aliphatic carbocycles. The van der Waals surface area contributed by atoms with E-state index in [1.165, 1.54) is 18.3 Å². The molecule has 1 heterocycles. The normalized spacial score (nSPS) is 10.1. The number of ether oxygens (including phenoxy) is 1. The molecule has 0 saturated heterocycles. The highest BCUT2D eigenvalue weighted by Gasteiger charge is 2.03. The van der Waals surface area contributed by atoms with Gasteiger partial charge in [-0.1, -0.05) is 0 Å². The number of rotatable bonds is 3. The van der Waals surface area contributed by atoms with Crippen molar-refractivity contribution in [3.63, 3.8) is 0 Å². The number of hydrogen-bond donors (Lipinski definition) is 2. The van der Waals surface area contributed by atoms with E-state index in [9.17, 15) is 4.39 Å². The molecule has 5 nitrogen and oxygen atoms in total. The predicted molar refractivity (Wildman–Crippen MR) is 61.1 cm³/mol. The summed E-state index contributed by atoms with van der Waals surface area (Å²) in [5.74, 6) is 5.99. The smallest absolute Gasteiger partial charge is 0.240 e. The summed E-state index contributed by atoms with van der Waals surface area (Å²) in [5, 5.41) is 0. The number of aryl methyl sites for hydroxylation is 1. The minimum Gasteiger partial charge on any atom is -0.439 e. The third-order valence-electron chi connectivity index (χ3n) is 2.11. The highest BCUT2D eigenvalue weighted by Crippen LogP contribution is 2.21. The minimum absolute atomic E-state index is 0.251. The zero-order valence-corrected chi connectivity index (χ0v) is 9.14. The molecule has 0 aliphatic rings. The summed E-state index contributed by atoms with van der Waals surface area (Å²) in [6.45, 7) is 1.66. The fraction of sp³-hybridized carbons (Fsp3) is 0.0909. The monoisotopic (exact) mass is 234 g/mol. The second kappa shape index (κ2) is 4.75. The zero-order valence-electron chi connectivity index (χ0n) is 9.14. The van der Waals surface area contributed by atoms with Gasteiger partial charge in [0.05, 0.1) is 0 Å². The molecule has 0 fully saturated rings. The van der Waals surface area contributed by atoms with E-state index in [-0.39, 0.29) is 11.8 Å². The third-order valence-corrected chi connectivity index (χ3v) is 2.11. The van der Waals surface area contributed by atoms with Gasteiger partial charge < -0.3 is 4.74 Å². The average molecular weight is 234 g/mol. The molecule has 3 N–H and O–H groups in total. The van der Waals surface area contributed by atoms with Gasteiger partial charge in [0.2, 0.25) is 11.8 Å². The standard InChI is InChI=1S/C11H11FN4O/c1-7-6-8(2-3-9(7)12)17-10-4-5-14-11(15-10)16-13/h2-6H,13H2,1H3,(H,14,15,16). The summed E-state index contributed by atoms with van der Waals surface area (Å²) < 4.78 is 18.5. The molecule has 1 aromatic carbocycles. The topological polar surface area (TPSA) is 73.1 Å². The van der Waals surface area contributed by atoms with Gasteiger partial charge in [0, 0.05) is 12.3 Å². The maximum atomic E-state index is 13.0. The van der Waals surface area contributed by atoms with E-state index in [1.54, 1.807) is 19.1 Å². The van der Waals surface area contributed by atoms with E-state index in [0.29, 0.717) is 17.2 Å². The molecule has 2 aromatic rings. The Bertz CT molecular complexity index is 533. The van der Waals surface area contributed by atoms with E-state index in [2.05, 4.69) is 15.4 Å². The molecule has 88 valence electrons. The molecule has 6 heteroatoms. The highest BCUT2D eigenvalue weighted by atomic mass is 19.1. The number of nitrogens with two attached hydrogens (primary N) is 1. The van der Waals surface area contributed by atoms with Crippen molar-refractivity contribution < 1.29 is 9.13 Å². The molecule has 0 atom stereocenters. The van der Waals surface area contributed by atoms with Crippen molar-refractivity contribution >= 4 is 5.95 Å². The number of halogens is 1. The summed E-state index contributed by atoms with van der Waals surface area (Å²) in [6, 6.07) is 6.04. The molecular formula is C11H11FN4O. The Morgan fingerprint density at radius 1 is 1.35 bits per heavy atom. The van der Waals surface area contributed by atoms with Crippen molar-refractivity contribution in [2.24, 2.45) is 5.84 Å². The van der Waals surface area contributed by atoms with Gasteiger partial charge in [0.1, 0.15) is 11.6 Å². The molecule has 0 aliphatic heterocycles. The van der Waals surface area contributed by atoms with Gasteiger partial charge in [0.25, 0.3) is 0 Å². The van der Waals surface area contributed by atoms with Gasteiger partial charge in [-0.2, -0.15) is 4.98 Å². The molecule has 17 heavy (non-hydrogen) atoms. The van der Waals surface area contributed by atoms with Gasteiger partial charge in [-0.25, -0.2) is 15.2 Å². The molecule has 0 saturated carbocycles. The van der Waals surface area contributed by atoms with Crippen LogP contribution in [-0.2, 0) is 0 Å². The number of nitrogen functional groups attached to an aromatic ring is 1. The van der Waals surface area contributed by atoms with Crippen LogP contribution in [0.5, 0.6) is 11.6 Å². The first kappa shape index (κ1) is 11.3. The Labute approximate surface area is 97.4 Å². The van der Waals surface area contributed by atoms with Crippen LogP contribution < -0.4 is 16.0 Å². The van der Waals surface area contributed by atoms with Crippen LogP contribution in [0.25, 0.3) is 0 Å². The van der Waals surface area contributed by atoms with E-state index < -0.39 is 0 Å². The fourth-order valence-electron chi connectivity index (χ4n) is 1.27. The second-order valence-electron chi connectivity index (χ2n) is 3.38. The molecular weight excluding hydrogens is 223 g/mol. The van der Waals surface area contributed by atoms with Crippen LogP contribution in [-0.4, -0.2) is 9.97 Å². The van der Waals surface area contributed by atoms with Crippen LogP contribution in [0.4, 0.5) is 10.3 Å². The minimum atomic E-state index is -0.274. The van der Waals surface area contributed by atoms with Crippen LogP contribution in [0.3, 0.4) is 0 Å². The Hall–Kier alpha value is -2.21. The number of anilines is 1. The number of nitrogens with zero attached hydrogens (tertiary/aromatic N) is 2. The summed E-state index contributed by atoms with van der Waals surface area (Å²) in [4.78, 5) is 7.82. The lowest BCUT2D eigenvalue weighted by Crippen LogP contribution is -2.10. The number of hydrogen-bond acceptors (Lipinski definition) is 5. The van der Waals surface area contributed by atoms with Crippen LogP contribution in [0.2, 0.25) is 0 Å². The zero-order chi connectivity index (χ0) is 12.3. The first-order valence-electron chi connectivity index (χ1n) is 4.92. The van der Waals surface area contributed by atoms with Crippen LogP contribution in [0, 0.1) is 12.7 Å². The summed E-state index contributed by atoms with van der Waals surface area (Å²) in [7, 11) is 0. The van der Waals surface area contributed by atoms with E-state index >= 15 is 0 Å². The molecule has 1 aromatic heterocycles. The van der Waals surface area contributed by atoms with Crippen molar-refractivity contribution in [2.75, 3.05) is 5.43 Å².